The van der Waals surface area contributed by atoms with Crippen molar-refractivity contribution in [2.75, 3.05) is 10.5 Å². The summed E-state index contributed by atoms with van der Waals surface area (Å²) in [5.74, 6) is 0. The molecule has 0 aliphatic carbocycles. The van der Waals surface area contributed by atoms with Crippen LogP contribution in [0.15, 0.2) is 46.0 Å². The van der Waals surface area contributed by atoms with Crippen molar-refractivity contribution >= 4 is 37.3 Å². The molecule has 0 aliphatic rings. The predicted molar refractivity (Wildman–Crippen MR) is 78.3 cm³/mol. The van der Waals surface area contributed by atoms with Crippen LogP contribution in [0.25, 0.3) is 0 Å². The predicted octanol–water partition coefficient (Wildman–Crippen LogP) is 2.54. The highest BCUT2D eigenvalue weighted by Crippen LogP contribution is 2.27. The van der Waals surface area contributed by atoms with Gasteiger partial charge in [0.2, 0.25) is 0 Å². The molecule has 7 heteroatoms. The van der Waals surface area contributed by atoms with Crippen molar-refractivity contribution in [2.24, 2.45) is 0 Å². The highest BCUT2D eigenvalue weighted by molar-refractivity contribution is 9.10. The van der Waals surface area contributed by atoms with Crippen molar-refractivity contribution in [3.63, 3.8) is 0 Å². The number of hydrogen-bond acceptors (Lipinski definition) is 4. The van der Waals surface area contributed by atoms with Crippen LogP contribution in [0.3, 0.4) is 0 Å². The van der Waals surface area contributed by atoms with E-state index in [1.807, 2.05) is 0 Å². The summed E-state index contributed by atoms with van der Waals surface area (Å²) in [7, 11) is -3.68. The Labute approximate surface area is 120 Å². The van der Waals surface area contributed by atoms with E-state index < -0.39 is 10.0 Å². The van der Waals surface area contributed by atoms with E-state index in [0.29, 0.717) is 21.4 Å². The van der Waals surface area contributed by atoms with E-state index in [-0.39, 0.29) is 4.90 Å². The van der Waals surface area contributed by atoms with Crippen LogP contribution >= 0.6 is 15.9 Å². The fourth-order valence-corrected chi connectivity index (χ4v) is 3.57. The lowest BCUT2D eigenvalue weighted by Gasteiger charge is -2.12. The van der Waals surface area contributed by atoms with Gasteiger partial charge in [-0.3, -0.25) is 9.71 Å². The molecule has 1 heterocycles. The second-order valence-corrected chi connectivity index (χ2v) is 6.53. The average molecular weight is 342 g/mol. The quantitative estimate of drug-likeness (QED) is 0.840. The topological polar surface area (TPSA) is 85.1 Å². The number of benzene rings is 1. The maximum atomic E-state index is 12.3. The summed E-state index contributed by atoms with van der Waals surface area (Å²) < 4.78 is 27.7. The number of anilines is 2. The third-order valence-corrected chi connectivity index (χ3v) is 4.55. The van der Waals surface area contributed by atoms with E-state index in [4.69, 9.17) is 5.73 Å². The average Bonchev–Trinajstić information content (AvgIpc) is 2.34. The number of aromatic nitrogens is 1. The van der Waals surface area contributed by atoms with E-state index in [1.165, 1.54) is 18.5 Å². The van der Waals surface area contributed by atoms with Gasteiger partial charge in [-0.1, -0.05) is 15.9 Å². The fraction of sp³-hybridized carbons (Fsp3) is 0.0833. The van der Waals surface area contributed by atoms with Gasteiger partial charge in [0.25, 0.3) is 10.0 Å². The first kappa shape index (κ1) is 13.8. The summed E-state index contributed by atoms with van der Waals surface area (Å²) in [6.07, 6.45) is 3.03. The molecule has 0 fully saturated rings. The maximum Gasteiger partial charge on any atom is 0.262 e. The van der Waals surface area contributed by atoms with Crippen LogP contribution in [-0.4, -0.2) is 13.4 Å². The molecule has 0 unspecified atom stereocenters. The largest absolute Gasteiger partial charge is 0.398 e. The van der Waals surface area contributed by atoms with Gasteiger partial charge >= 0.3 is 0 Å². The second kappa shape index (κ2) is 5.18. The Morgan fingerprint density at radius 2 is 1.89 bits per heavy atom. The Morgan fingerprint density at radius 1 is 1.26 bits per heavy atom. The first-order chi connectivity index (χ1) is 8.90. The van der Waals surface area contributed by atoms with Gasteiger partial charge in [0.05, 0.1) is 10.6 Å². The number of nitrogen functional groups attached to an aromatic ring is 1. The number of pyridine rings is 1. The molecule has 0 saturated carbocycles. The van der Waals surface area contributed by atoms with E-state index >= 15 is 0 Å². The van der Waals surface area contributed by atoms with Gasteiger partial charge < -0.3 is 5.73 Å². The minimum absolute atomic E-state index is 0.149. The minimum atomic E-state index is -3.68. The summed E-state index contributed by atoms with van der Waals surface area (Å²) in [6, 6.07) is 6.35. The summed E-state index contributed by atoms with van der Waals surface area (Å²) in [5.41, 5.74) is 7.17. The van der Waals surface area contributed by atoms with Gasteiger partial charge in [0.1, 0.15) is 0 Å². The van der Waals surface area contributed by atoms with Crippen molar-refractivity contribution in [3.8, 4) is 0 Å². The lowest BCUT2D eigenvalue weighted by molar-refractivity contribution is 0.600. The molecule has 5 nitrogen and oxygen atoms in total. The zero-order chi connectivity index (χ0) is 14.0. The van der Waals surface area contributed by atoms with Gasteiger partial charge in [0, 0.05) is 22.6 Å². The number of halogens is 1. The molecule has 0 spiro atoms. The Hall–Kier alpha value is -1.60. The van der Waals surface area contributed by atoms with Crippen molar-refractivity contribution in [3.05, 3.63) is 46.7 Å². The monoisotopic (exact) mass is 341 g/mol. The molecule has 0 bridgehead atoms. The molecule has 100 valence electrons. The molecule has 2 rings (SSSR count). The smallest absolute Gasteiger partial charge is 0.262 e. The summed E-state index contributed by atoms with van der Waals surface area (Å²) in [6.45, 7) is 1.67. The molecule has 0 aliphatic heterocycles. The number of rotatable bonds is 3. The number of nitrogens with two attached hydrogens (primary N) is 1. The standard InChI is InChI=1S/C12H12BrN3O2S/c1-8-11(14)6-9(13)7-12(8)19(17,18)16-10-2-4-15-5-3-10/h2-7H,14H2,1H3,(H,15,16). The van der Waals surface area contributed by atoms with Crippen LogP contribution in [-0.2, 0) is 10.0 Å². The Morgan fingerprint density at radius 3 is 2.53 bits per heavy atom. The maximum absolute atomic E-state index is 12.3. The van der Waals surface area contributed by atoms with Gasteiger partial charge in [-0.05, 0) is 36.8 Å². The molecule has 3 N–H and O–H groups in total. The van der Waals surface area contributed by atoms with E-state index in [1.54, 1.807) is 25.1 Å². The van der Waals surface area contributed by atoms with E-state index in [2.05, 4.69) is 25.6 Å². The summed E-state index contributed by atoms with van der Waals surface area (Å²) in [5, 5.41) is 0. The van der Waals surface area contributed by atoms with Crippen LogP contribution in [0.1, 0.15) is 5.56 Å². The van der Waals surface area contributed by atoms with Crippen LogP contribution in [0, 0.1) is 6.92 Å². The molecule has 0 atom stereocenters. The van der Waals surface area contributed by atoms with Crippen LogP contribution in [0.5, 0.6) is 0 Å². The highest BCUT2D eigenvalue weighted by Gasteiger charge is 2.19. The molecular formula is C12H12BrN3O2S. The van der Waals surface area contributed by atoms with Crippen molar-refractivity contribution in [2.45, 2.75) is 11.8 Å². The fourth-order valence-electron chi connectivity index (χ4n) is 1.58. The highest BCUT2D eigenvalue weighted by atomic mass is 79.9. The van der Waals surface area contributed by atoms with Crippen LogP contribution in [0.4, 0.5) is 11.4 Å². The zero-order valence-corrected chi connectivity index (χ0v) is 12.5. The third-order valence-electron chi connectivity index (χ3n) is 2.59. The Kier molecular flexibility index (Phi) is 3.77. The summed E-state index contributed by atoms with van der Waals surface area (Å²) >= 11 is 3.24. The van der Waals surface area contributed by atoms with Crippen molar-refractivity contribution < 1.29 is 8.42 Å². The van der Waals surface area contributed by atoms with E-state index in [9.17, 15) is 8.42 Å². The third kappa shape index (κ3) is 3.05. The van der Waals surface area contributed by atoms with Crippen LogP contribution < -0.4 is 10.5 Å². The van der Waals surface area contributed by atoms with E-state index in [0.717, 1.165) is 0 Å². The Balaban J connectivity index is 2.46. The van der Waals surface area contributed by atoms with Gasteiger partial charge in [-0.25, -0.2) is 8.42 Å². The van der Waals surface area contributed by atoms with Crippen molar-refractivity contribution in [1.82, 2.24) is 4.98 Å². The SMILES string of the molecule is Cc1c(N)cc(Br)cc1S(=O)(=O)Nc1ccncc1. The molecular weight excluding hydrogens is 330 g/mol. The second-order valence-electron chi connectivity index (χ2n) is 3.96. The molecule has 0 radical (unpaired) electrons. The molecule has 0 amide bonds. The minimum Gasteiger partial charge on any atom is -0.398 e. The molecule has 2 aromatic rings. The molecule has 1 aromatic heterocycles. The molecule has 0 saturated heterocycles. The number of nitrogens with zero attached hydrogens (tertiary/aromatic N) is 1. The number of sulfonamides is 1. The number of nitrogens with one attached hydrogen (secondary N) is 1. The van der Waals surface area contributed by atoms with Gasteiger partial charge in [-0.2, -0.15) is 0 Å². The first-order valence-electron chi connectivity index (χ1n) is 5.38. The molecule has 1 aromatic carbocycles. The molecule has 19 heavy (non-hydrogen) atoms. The first-order valence-corrected chi connectivity index (χ1v) is 7.66. The van der Waals surface area contributed by atoms with Crippen LogP contribution in [0.2, 0.25) is 0 Å². The zero-order valence-electron chi connectivity index (χ0n) is 10.1. The normalized spacial score (nSPS) is 11.3. The van der Waals surface area contributed by atoms with Crippen molar-refractivity contribution in [1.29, 1.82) is 0 Å². The van der Waals surface area contributed by atoms with Gasteiger partial charge in [0.15, 0.2) is 0 Å². The lowest BCUT2D eigenvalue weighted by atomic mass is 10.2. The Bertz CT molecular complexity index is 702. The summed E-state index contributed by atoms with van der Waals surface area (Å²) in [4.78, 5) is 3.98. The lowest BCUT2D eigenvalue weighted by Crippen LogP contribution is -2.15. The number of hydrogen-bond donors (Lipinski definition) is 2. The van der Waals surface area contributed by atoms with Gasteiger partial charge in [-0.15, -0.1) is 0 Å².